The molecule has 14 heavy (non-hydrogen) atoms. The van der Waals surface area contributed by atoms with Crippen LogP contribution in [0.2, 0.25) is 0 Å². The fourth-order valence-corrected chi connectivity index (χ4v) is 1.20. The van der Waals surface area contributed by atoms with E-state index < -0.39 is 0 Å². The molecule has 0 bridgehead atoms. The third kappa shape index (κ3) is 1.71. The number of hydrogen-bond acceptors (Lipinski definition) is 4. The molecule has 0 atom stereocenters. The summed E-state index contributed by atoms with van der Waals surface area (Å²) < 4.78 is 7.07. The van der Waals surface area contributed by atoms with Gasteiger partial charge in [-0.05, 0) is 0 Å². The average Bonchev–Trinajstić information content (AvgIpc) is 2.71. The number of aromatic nitrogens is 4. The number of nitrogens with zero attached hydrogens (tertiary/aromatic N) is 4. The molecular formula is C9H10N4O. The van der Waals surface area contributed by atoms with Gasteiger partial charge in [-0.2, -0.15) is 5.10 Å². The van der Waals surface area contributed by atoms with Crippen molar-refractivity contribution in [2.45, 2.75) is 6.54 Å². The summed E-state index contributed by atoms with van der Waals surface area (Å²) in [5.74, 6) is 0.744. The van der Waals surface area contributed by atoms with E-state index in [1.54, 1.807) is 31.9 Å². The minimum absolute atomic E-state index is 0.622. The molecule has 0 aliphatic rings. The van der Waals surface area contributed by atoms with Gasteiger partial charge in [0, 0.05) is 18.5 Å². The fraction of sp³-hybridized carbons (Fsp3) is 0.222. The Bertz CT molecular complexity index is 399. The Kier molecular flexibility index (Phi) is 2.40. The lowest BCUT2D eigenvalue weighted by Gasteiger charge is -2.05. The highest BCUT2D eigenvalue weighted by atomic mass is 16.5. The number of hydrogen-bond donors (Lipinski definition) is 0. The Morgan fingerprint density at radius 2 is 2.36 bits per heavy atom. The molecule has 0 N–H and O–H groups in total. The van der Waals surface area contributed by atoms with Gasteiger partial charge in [-0.1, -0.05) is 0 Å². The van der Waals surface area contributed by atoms with Gasteiger partial charge in [0.25, 0.3) is 0 Å². The second-order valence-electron chi connectivity index (χ2n) is 2.78. The molecule has 5 heteroatoms. The Balaban J connectivity index is 2.24. The lowest BCUT2D eigenvalue weighted by molar-refractivity contribution is 0.403. The second kappa shape index (κ2) is 3.87. The third-order valence-electron chi connectivity index (χ3n) is 1.87. The molecule has 0 saturated heterocycles. The summed E-state index contributed by atoms with van der Waals surface area (Å²) in [6.07, 6.45) is 6.93. The molecule has 0 unspecified atom stereocenters. The molecule has 0 amide bonds. The first kappa shape index (κ1) is 8.68. The molecule has 0 aliphatic carbocycles. The zero-order chi connectivity index (χ0) is 9.80. The van der Waals surface area contributed by atoms with Crippen LogP contribution in [0.5, 0.6) is 5.75 Å². The van der Waals surface area contributed by atoms with Gasteiger partial charge < -0.3 is 9.30 Å². The molecule has 2 aromatic rings. The highest BCUT2D eigenvalue weighted by Crippen LogP contribution is 2.14. The molecule has 0 aliphatic heterocycles. The van der Waals surface area contributed by atoms with Crippen molar-refractivity contribution in [3.8, 4) is 5.75 Å². The SMILES string of the molecule is COc1ccnnc1Cn1ccnc1. The van der Waals surface area contributed by atoms with Crippen LogP contribution in [-0.2, 0) is 6.54 Å². The van der Waals surface area contributed by atoms with E-state index in [4.69, 9.17) is 4.74 Å². The van der Waals surface area contributed by atoms with E-state index in [0.29, 0.717) is 6.54 Å². The van der Waals surface area contributed by atoms with Gasteiger partial charge in [0.05, 0.1) is 26.2 Å². The van der Waals surface area contributed by atoms with Crippen molar-refractivity contribution >= 4 is 0 Å². The van der Waals surface area contributed by atoms with E-state index in [-0.39, 0.29) is 0 Å². The van der Waals surface area contributed by atoms with Crippen LogP contribution in [0.1, 0.15) is 5.69 Å². The first-order valence-electron chi connectivity index (χ1n) is 4.20. The predicted octanol–water partition coefficient (Wildman–Crippen LogP) is 0.730. The summed E-state index contributed by atoms with van der Waals surface area (Å²) in [5.41, 5.74) is 0.799. The third-order valence-corrected chi connectivity index (χ3v) is 1.87. The predicted molar refractivity (Wildman–Crippen MR) is 49.9 cm³/mol. The summed E-state index contributed by atoms with van der Waals surface area (Å²) >= 11 is 0. The number of rotatable bonds is 3. The molecule has 0 aromatic carbocycles. The highest BCUT2D eigenvalue weighted by molar-refractivity contribution is 5.24. The van der Waals surface area contributed by atoms with Crippen LogP contribution in [-0.4, -0.2) is 26.9 Å². The van der Waals surface area contributed by atoms with E-state index in [0.717, 1.165) is 11.4 Å². The van der Waals surface area contributed by atoms with E-state index in [2.05, 4.69) is 15.2 Å². The van der Waals surface area contributed by atoms with E-state index in [9.17, 15) is 0 Å². The van der Waals surface area contributed by atoms with Crippen LogP contribution < -0.4 is 4.74 Å². The van der Waals surface area contributed by atoms with Gasteiger partial charge in [-0.15, -0.1) is 5.10 Å². The topological polar surface area (TPSA) is 52.8 Å². The number of methoxy groups -OCH3 is 1. The molecule has 2 aromatic heterocycles. The van der Waals surface area contributed by atoms with Crippen molar-refractivity contribution < 1.29 is 4.74 Å². The average molecular weight is 190 g/mol. The minimum atomic E-state index is 0.622. The van der Waals surface area contributed by atoms with Gasteiger partial charge in [0.1, 0.15) is 11.4 Å². The van der Waals surface area contributed by atoms with Crippen molar-refractivity contribution in [3.05, 3.63) is 36.7 Å². The van der Waals surface area contributed by atoms with Crippen LogP contribution >= 0.6 is 0 Å². The molecular weight excluding hydrogens is 180 g/mol. The van der Waals surface area contributed by atoms with Crippen LogP contribution in [0.25, 0.3) is 0 Å². The summed E-state index contributed by atoms with van der Waals surface area (Å²) in [6.45, 7) is 0.622. The summed E-state index contributed by atoms with van der Waals surface area (Å²) in [4.78, 5) is 3.95. The molecule has 72 valence electrons. The first-order chi connectivity index (χ1) is 6.90. The Morgan fingerprint density at radius 1 is 1.43 bits per heavy atom. The minimum Gasteiger partial charge on any atom is -0.495 e. The fourth-order valence-electron chi connectivity index (χ4n) is 1.20. The van der Waals surface area contributed by atoms with Crippen LogP contribution in [0.15, 0.2) is 31.0 Å². The molecule has 5 nitrogen and oxygen atoms in total. The number of imidazole rings is 1. The van der Waals surface area contributed by atoms with Gasteiger partial charge in [0.15, 0.2) is 0 Å². The number of ether oxygens (including phenoxy) is 1. The maximum Gasteiger partial charge on any atom is 0.145 e. The van der Waals surface area contributed by atoms with Gasteiger partial charge in [0.2, 0.25) is 0 Å². The van der Waals surface area contributed by atoms with Crippen LogP contribution in [0.3, 0.4) is 0 Å². The van der Waals surface area contributed by atoms with Crippen molar-refractivity contribution in [2.24, 2.45) is 0 Å². The normalized spacial score (nSPS) is 10.1. The lowest BCUT2D eigenvalue weighted by atomic mass is 10.3. The standard InChI is InChI=1S/C9H10N4O/c1-14-9-2-3-11-12-8(9)6-13-5-4-10-7-13/h2-5,7H,6H2,1H3. The molecule has 0 radical (unpaired) electrons. The zero-order valence-electron chi connectivity index (χ0n) is 7.79. The second-order valence-corrected chi connectivity index (χ2v) is 2.78. The van der Waals surface area contributed by atoms with Gasteiger partial charge >= 0.3 is 0 Å². The lowest BCUT2D eigenvalue weighted by Crippen LogP contribution is -2.03. The molecule has 2 rings (SSSR count). The van der Waals surface area contributed by atoms with Crippen molar-refractivity contribution in [1.29, 1.82) is 0 Å². The largest absolute Gasteiger partial charge is 0.495 e. The molecule has 2 heterocycles. The quantitative estimate of drug-likeness (QED) is 0.716. The van der Waals surface area contributed by atoms with Crippen molar-refractivity contribution in [1.82, 2.24) is 19.7 Å². The summed E-state index contributed by atoms with van der Waals surface area (Å²) in [7, 11) is 1.62. The Labute approximate surface area is 81.4 Å². The summed E-state index contributed by atoms with van der Waals surface area (Å²) in [6, 6.07) is 1.79. The van der Waals surface area contributed by atoms with Crippen LogP contribution in [0.4, 0.5) is 0 Å². The monoisotopic (exact) mass is 190 g/mol. The molecule has 0 spiro atoms. The highest BCUT2D eigenvalue weighted by Gasteiger charge is 2.04. The summed E-state index contributed by atoms with van der Waals surface area (Å²) in [5, 5.41) is 7.81. The van der Waals surface area contributed by atoms with E-state index in [1.165, 1.54) is 0 Å². The van der Waals surface area contributed by atoms with Crippen LogP contribution in [0, 0.1) is 0 Å². The molecule has 0 fully saturated rings. The van der Waals surface area contributed by atoms with E-state index in [1.807, 2.05) is 10.8 Å². The van der Waals surface area contributed by atoms with E-state index >= 15 is 0 Å². The molecule has 0 saturated carbocycles. The first-order valence-corrected chi connectivity index (χ1v) is 4.20. The maximum atomic E-state index is 5.16. The van der Waals surface area contributed by atoms with Gasteiger partial charge in [-0.25, -0.2) is 4.98 Å². The van der Waals surface area contributed by atoms with Gasteiger partial charge in [-0.3, -0.25) is 0 Å². The maximum absolute atomic E-state index is 5.16. The Hall–Kier alpha value is -1.91. The van der Waals surface area contributed by atoms with Crippen molar-refractivity contribution in [2.75, 3.05) is 7.11 Å². The van der Waals surface area contributed by atoms with Crippen molar-refractivity contribution in [3.63, 3.8) is 0 Å². The smallest absolute Gasteiger partial charge is 0.145 e. The zero-order valence-corrected chi connectivity index (χ0v) is 7.79. The Morgan fingerprint density at radius 3 is 3.07 bits per heavy atom.